The lowest BCUT2D eigenvalue weighted by atomic mass is 10.1. The summed E-state index contributed by atoms with van der Waals surface area (Å²) in [4.78, 5) is 0. The third kappa shape index (κ3) is 10.0. The minimum Gasteiger partial charge on any atom is -0.261 e. The number of hydrogen-bond donors (Lipinski definition) is 0. The van der Waals surface area contributed by atoms with E-state index in [2.05, 4.69) is 27.7 Å². The number of unbranched alkanes of at least 4 members (excludes halogenated alkanes) is 2. The van der Waals surface area contributed by atoms with Crippen molar-refractivity contribution >= 4 is 23.3 Å². The zero-order chi connectivity index (χ0) is 12.4. The molecule has 2 heteroatoms. The van der Waals surface area contributed by atoms with Gasteiger partial charge in [-0.15, -0.1) is 0 Å². The molecule has 0 spiro atoms. The van der Waals surface area contributed by atoms with E-state index in [1.54, 1.807) is 0 Å². The molecule has 0 amide bonds. The maximum atomic E-state index is 6.57. The van der Waals surface area contributed by atoms with Gasteiger partial charge in [0.25, 0.3) is 0 Å². The molecule has 0 heterocycles. The quantitative estimate of drug-likeness (QED) is 0.431. The molecule has 2 unspecified atom stereocenters. The van der Waals surface area contributed by atoms with E-state index in [4.69, 9.17) is 10.0 Å². The van der Waals surface area contributed by atoms with Crippen molar-refractivity contribution < 1.29 is 0 Å². The van der Waals surface area contributed by atoms with Crippen molar-refractivity contribution in [1.82, 2.24) is 0 Å². The standard InChI is InChI=1S/2C7H15.Al.ClH/c2*1-4-5-6-7(2)3;;/h2*7H,2,4-6H2,1,3H3;;1H/q;;+1;/p-1. The lowest BCUT2D eigenvalue weighted by Gasteiger charge is -2.15. The minimum absolute atomic E-state index is 0.868. The average molecular weight is 261 g/mol. The molecule has 0 aliphatic carbocycles. The van der Waals surface area contributed by atoms with Crippen LogP contribution in [0, 0.1) is 11.8 Å². The van der Waals surface area contributed by atoms with Gasteiger partial charge in [0.1, 0.15) is 0 Å². The predicted molar refractivity (Wildman–Crippen MR) is 78.6 cm³/mol. The molecule has 0 rings (SSSR count). The summed E-state index contributed by atoms with van der Waals surface area (Å²) in [5, 5.41) is 2.69. The van der Waals surface area contributed by atoms with Crippen LogP contribution in [0.25, 0.3) is 0 Å². The summed E-state index contributed by atoms with van der Waals surface area (Å²) >= 11 is -0.931. The summed E-state index contributed by atoms with van der Waals surface area (Å²) in [7, 11) is 6.57. The number of halogens is 1. The van der Waals surface area contributed by atoms with Crippen LogP contribution in [0.5, 0.6) is 0 Å². The van der Waals surface area contributed by atoms with Crippen LogP contribution in [0.3, 0.4) is 0 Å². The van der Waals surface area contributed by atoms with Crippen LogP contribution in [0.1, 0.15) is 66.2 Å². The molecule has 0 bridgehead atoms. The summed E-state index contributed by atoms with van der Waals surface area (Å²) in [5.41, 5.74) is 0. The second kappa shape index (κ2) is 10.9. The van der Waals surface area contributed by atoms with Gasteiger partial charge in [-0.2, -0.15) is 0 Å². The Labute approximate surface area is 112 Å². The van der Waals surface area contributed by atoms with Crippen LogP contribution < -0.4 is 0 Å². The molecule has 0 aromatic rings. The Morgan fingerprint density at radius 3 is 1.56 bits per heavy atom. The van der Waals surface area contributed by atoms with Crippen molar-refractivity contribution in [3.63, 3.8) is 0 Å². The van der Waals surface area contributed by atoms with Crippen LogP contribution in [0.15, 0.2) is 0 Å². The van der Waals surface area contributed by atoms with Gasteiger partial charge in [0.2, 0.25) is 0 Å². The van der Waals surface area contributed by atoms with Gasteiger partial charge in [0.05, 0.1) is 0 Å². The van der Waals surface area contributed by atoms with E-state index in [-0.39, 0.29) is 0 Å². The van der Waals surface area contributed by atoms with Gasteiger partial charge in [0.15, 0.2) is 0 Å². The molecular weight excluding hydrogens is 231 g/mol. The van der Waals surface area contributed by atoms with E-state index < -0.39 is 13.2 Å². The number of hydrogen-bond acceptors (Lipinski definition) is 0. The Balaban J connectivity index is 3.58. The van der Waals surface area contributed by atoms with Crippen molar-refractivity contribution in [3.8, 4) is 0 Å². The molecule has 0 aliphatic rings. The smallest absolute Gasteiger partial charge is 0.261 e. The van der Waals surface area contributed by atoms with Crippen molar-refractivity contribution in [2.45, 2.75) is 76.8 Å². The lowest BCUT2D eigenvalue weighted by Crippen LogP contribution is -2.13. The second-order valence-electron chi connectivity index (χ2n) is 5.56. The molecule has 0 saturated heterocycles. The molecule has 0 aromatic carbocycles. The van der Waals surface area contributed by atoms with Crippen molar-refractivity contribution in [2.75, 3.05) is 0 Å². The van der Waals surface area contributed by atoms with Crippen LogP contribution in [0.2, 0.25) is 10.6 Å². The second-order valence-corrected chi connectivity index (χ2v) is 9.55. The van der Waals surface area contributed by atoms with E-state index in [1.165, 1.54) is 49.1 Å². The molecule has 0 aromatic heterocycles. The van der Waals surface area contributed by atoms with Crippen molar-refractivity contribution in [2.24, 2.45) is 11.8 Å². The summed E-state index contributed by atoms with van der Waals surface area (Å²) in [6.45, 7) is 9.31. The Morgan fingerprint density at radius 1 is 0.875 bits per heavy atom. The van der Waals surface area contributed by atoms with Gasteiger partial charge >= 0.3 is 13.2 Å². The summed E-state index contributed by atoms with van der Waals surface area (Å²) in [6, 6.07) is 0. The normalized spacial score (nSPS) is 14.8. The third-order valence-corrected chi connectivity index (χ3v) is 7.12. The highest BCUT2D eigenvalue weighted by molar-refractivity contribution is 7.06. The summed E-state index contributed by atoms with van der Waals surface area (Å²) < 4.78 is 0. The van der Waals surface area contributed by atoms with E-state index >= 15 is 0 Å². The molecule has 0 radical (unpaired) electrons. The van der Waals surface area contributed by atoms with Gasteiger partial charge < -0.3 is 0 Å². The Kier molecular flexibility index (Phi) is 11.5. The largest absolute Gasteiger partial charge is 0.400 e. The highest BCUT2D eigenvalue weighted by Gasteiger charge is 2.20. The Bertz CT molecular complexity index is 134. The van der Waals surface area contributed by atoms with Crippen molar-refractivity contribution in [3.05, 3.63) is 0 Å². The minimum atomic E-state index is -0.931. The lowest BCUT2D eigenvalue weighted by molar-refractivity contribution is 0.530. The first kappa shape index (κ1) is 16.8. The molecule has 0 saturated carbocycles. The van der Waals surface area contributed by atoms with E-state index in [0.717, 1.165) is 11.8 Å². The molecule has 0 fully saturated rings. The van der Waals surface area contributed by atoms with Gasteiger partial charge in [-0.1, -0.05) is 88.6 Å². The van der Waals surface area contributed by atoms with Crippen LogP contribution in [0.4, 0.5) is 0 Å². The molecule has 0 aliphatic heterocycles. The molecule has 0 N–H and O–H groups in total. The average Bonchev–Trinajstić information content (AvgIpc) is 2.23. The molecule has 2 atom stereocenters. The first-order valence-corrected chi connectivity index (χ1v) is 10.6. The van der Waals surface area contributed by atoms with Gasteiger partial charge in [-0.3, -0.25) is 10.0 Å². The first-order valence-electron chi connectivity index (χ1n) is 7.24. The Hall–Kier alpha value is 0.822. The van der Waals surface area contributed by atoms with E-state index in [1.807, 2.05) is 0 Å². The fourth-order valence-electron chi connectivity index (χ4n) is 2.31. The van der Waals surface area contributed by atoms with Crippen LogP contribution in [-0.2, 0) is 0 Å². The maximum Gasteiger partial charge on any atom is 0.400 e. The monoisotopic (exact) mass is 260 g/mol. The SMILES string of the molecule is CCCCC(C)[CH2][Al]([Cl])[CH2]C(C)CCCC. The molecule has 0 nitrogen and oxygen atoms in total. The van der Waals surface area contributed by atoms with E-state index in [9.17, 15) is 0 Å². The highest BCUT2D eigenvalue weighted by Crippen LogP contribution is 2.23. The first-order chi connectivity index (χ1) is 7.60. The van der Waals surface area contributed by atoms with Gasteiger partial charge in [-0.05, 0) is 0 Å². The van der Waals surface area contributed by atoms with E-state index in [0.29, 0.717) is 0 Å². The zero-order valence-corrected chi connectivity index (χ0v) is 13.7. The highest BCUT2D eigenvalue weighted by atomic mass is 35.6. The summed E-state index contributed by atoms with van der Waals surface area (Å²) in [5.74, 6) is 1.74. The molecule has 96 valence electrons. The zero-order valence-electron chi connectivity index (χ0n) is 11.8. The fraction of sp³-hybridized carbons (Fsp3) is 1.00. The van der Waals surface area contributed by atoms with Gasteiger partial charge in [0, 0.05) is 0 Å². The number of rotatable bonds is 10. The fourth-order valence-corrected chi connectivity index (χ4v) is 6.55. The maximum absolute atomic E-state index is 6.57. The topological polar surface area (TPSA) is 0 Å². The predicted octanol–water partition coefficient (Wildman–Crippen LogP) is 5.87. The third-order valence-electron chi connectivity index (χ3n) is 3.42. The summed E-state index contributed by atoms with van der Waals surface area (Å²) in [6.07, 6.45) is 8.18. The van der Waals surface area contributed by atoms with Crippen LogP contribution in [-0.4, -0.2) is 13.2 Å². The molecular formula is C14H30AlCl. The van der Waals surface area contributed by atoms with Gasteiger partial charge in [-0.25, -0.2) is 0 Å². The van der Waals surface area contributed by atoms with Crippen molar-refractivity contribution in [1.29, 1.82) is 0 Å². The molecule has 16 heavy (non-hydrogen) atoms. The Morgan fingerprint density at radius 2 is 1.25 bits per heavy atom. The van der Waals surface area contributed by atoms with Crippen LogP contribution >= 0.6 is 10.0 Å².